The van der Waals surface area contributed by atoms with Crippen LogP contribution in [-0.4, -0.2) is 49.0 Å². The Hall–Kier alpha value is -1.17. The third-order valence-electron chi connectivity index (χ3n) is 3.30. The van der Waals surface area contributed by atoms with Crippen LogP contribution in [0.4, 0.5) is 4.39 Å². The van der Waals surface area contributed by atoms with Crippen LogP contribution < -0.4 is 4.74 Å². The highest BCUT2D eigenvalue weighted by atomic mass is 19.1. The summed E-state index contributed by atoms with van der Waals surface area (Å²) in [4.78, 5) is 2.27. The van der Waals surface area contributed by atoms with Crippen LogP contribution in [0.5, 0.6) is 5.75 Å². The molecule has 1 N–H and O–H groups in total. The summed E-state index contributed by atoms with van der Waals surface area (Å²) in [5, 5.41) is 9.17. The summed E-state index contributed by atoms with van der Waals surface area (Å²) in [6, 6.07) is 4.54. The normalized spacial score (nSPS) is 20.5. The number of likely N-dealkylation sites (N-methyl/N-ethyl adjacent to an activating group) is 1. The summed E-state index contributed by atoms with van der Waals surface area (Å²) in [5.41, 5.74) is 0.461. The summed E-state index contributed by atoms with van der Waals surface area (Å²) in [6.07, 6.45) is -0.0557. The Bertz CT molecular complexity index is 414. The molecule has 4 nitrogen and oxygen atoms in total. The number of aliphatic hydroxyl groups excluding tert-OH is 1. The molecule has 0 bridgehead atoms. The molecule has 1 saturated heterocycles. The third kappa shape index (κ3) is 3.65. The van der Waals surface area contributed by atoms with Crippen molar-refractivity contribution in [3.8, 4) is 5.75 Å². The highest BCUT2D eigenvalue weighted by Crippen LogP contribution is 2.23. The van der Waals surface area contributed by atoms with E-state index in [1.807, 2.05) is 0 Å². The summed E-state index contributed by atoms with van der Waals surface area (Å²) < 4.78 is 24.7. The van der Waals surface area contributed by atoms with E-state index in [4.69, 9.17) is 9.47 Å². The lowest BCUT2D eigenvalue weighted by atomic mass is 10.2. The van der Waals surface area contributed by atoms with Crippen molar-refractivity contribution in [3.63, 3.8) is 0 Å². The molecule has 5 heteroatoms. The Balaban J connectivity index is 1.95. The van der Waals surface area contributed by atoms with E-state index in [0.29, 0.717) is 18.8 Å². The van der Waals surface area contributed by atoms with Gasteiger partial charge in [-0.05, 0) is 12.6 Å². The zero-order valence-corrected chi connectivity index (χ0v) is 11.1. The van der Waals surface area contributed by atoms with Gasteiger partial charge >= 0.3 is 0 Å². The molecule has 0 amide bonds. The Morgan fingerprint density at radius 2 is 2.37 bits per heavy atom. The number of rotatable bonds is 5. The molecule has 1 unspecified atom stereocenters. The van der Waals surface area contributed by atoms with Gasteiger partial charge in [-0.1, -0.05) is 19.1 Å². The van der Waals surface area contributed by atoms with Crippen LogP contribution in [0.2, 0.25) is 0 Å². The van der Waals surface area contributed by atoms with Gasteiger partial charge in [0.15, 0.2) is 11.6 Å². The molecule has 19 heavy (non-hydrogen) atoms. The minimum absolute atomic E-state index is 0.0557. The molecule has 1 heterocycles. The monoisotopic (exact) mass is 269 g/mol. The molecule has 2 rings (SSSR count). The zero-order chi connectivity index (χ0) is 13.7. The molecule has 106 valence electrons. The standard InChI is InChI=1S/C14H20FNO3/c1-2-16-6-7-18-12(8-16)10-19-14-11(9-17)4-3-5-13(14)15/h3-5,12,17H,2,6-10H2,1H3. The molecular formula is C14H20FNO3. The second-order valence-corrected chi connectivity index (χ2v) is 4.58. The van der Waals surface area contributed by atoms with Crippen molar-refractivity contribution in [2.45, 2.75) is 19.6 Å². The van der Waals surface area contributed by atoms with E-state index in [0.717, 1.165) is 19.6 Å². The van der Waals surface area contributed by atoms with Crippen molar-refractivity contribution < 1.29 is 19.0 Å². The number of nitrogens with zero attached hydrogens (tertiary/aromatic N) is 1. The minimum atomic E-state index is -0.449. The first-order chi connectivity index (χ1) is 9.24. The van der Waals surface area contributed by atoms with Gasteiger partial charge in [0, 0.05) is 18.7 Å². The van der Waals surface area contributed by atoms with Gasteiger partial charge in [-0.25, -0.2) is 4.39 Å². The average Bonchev–Trinajstić information content (AvgIpc) is 2.46. The lowest BCUT2D eigenvalue weighted by Crippen LogP contribution is -2.44. The molecule has 1 aromatic carbocycles. The molecule has 0 spiro atoms. The summed E-state index contributed by atoms with van der Waals surface area (Å²) in [7, 11) is 0. The van der Waals surface area contributed by atoms with Crippen molar-refractivity contribution in [3.05, 3.63) is 29.6 Å². The third-order valence-corrected chi connectivity index (χ3v) is 3.30. The van der Waals surface area contributed by atoms with Crippen molar-refractivity contribution >= 4 is 0 Å². The van der Waals surface area contributed by atoms with Gasteiger partial charge in [0.1, 0.15) is 12.7 Å². The van der Waals surface area contributed by atoms with Crippen LogP contribution in [0.3, 0.4) is 0 Å². The topological polar surface area (TPSA) is 41.9 Å². The first-order valence-electron chi connectivity index (χ1n) is 6.59. The van der Waals surface area contributed by atoms with Gasteiger partial charge in [-0.3, -0.25) is 4.90 Å². The minimum Gasteiger partial charge on any atom is -0.487 e. The lowest BCUT2D eigenvalue weighted by molar-refractivity contribution is -0.0471. The van der Waals surface area contributed by atoms with Crippen LogP contribution in [-0.2, 0) is 11.3 Å². The van der Waals surface area contributed by atoms with Crippen LogP contribution in [0, 0.1) is 5.82 Å². The molecule has 0 aliphatic carbocycles. The zero-order valence-electron chi connectivity index (χ0n) is 11.1. The van der Waals surface area contributed by atoms with Gasteiger partial charge in [-0.15, -0.1) is 0 Å². The van der Waals surface area contributed by atoms with E-state index in [-0.39, 0.29) is 18.5 Å². The van der Waals surface area contributed by atoms with E-state index < -0.39 is 5.82 Å². The first-order valence-corrected chi connectivity index (χ1v) is 6.59. The van der Waals surface area contributed by atoms with E-state index in [1.54, 1.807) is 12.1 Å². The van der Waals surface area contributed by atoms with Crippen LogP contribution in [0.1, 0.15) is 12.5 Å². The van der Waals surface area contributed by atoms with Crippen molar-refractivity contribution in [2.75, 3.05) is 32.8 Å². The Labute approximate surface area is 112 Å². The van der Waals surface area contributed by atoms with Gasteiger partial charge in [-0.2, -0.15) is 0 Å². The Kier molecular flexibility index (Phi) is 5.13. The maximum absolute atomic E-state index is 13.6. The van der Waals surface area contributed by atoms with Gasteiger partial charge < -0.3 is 14.6 Å². The molecule has 1 atom stereocenters. The number of ether oxygens (including phenoxy) is 2. The van der Waals surface area contributed by atoms with Crippen molar-refractivity contribution in [2.24, 2.45) is 0 Å². The molecule has 1 aromatic rings. The molecule has 0 radical (unpaired) electrons. The molecule has 0 saturated carbocycles. The van der Waals surface area contributed by atoms with Crippen LogP contribution in [0.15, 0.2) is 18.2 Å². The summed E-state index contributed by atoms with van der Waals surface area (Å²) >= 11 is 0. The SMILES string of the molecule is CCN1CCOC(COc2c(F)cccc2CO)C1. The van der Waals surface area contributed by atoms with E-state index >= 15 is 0 Å². The summed E-state index contributed by atoms with van der Waals surface area (Å²) in [5.74, 6) is -0.322. The number of para-hydroxylation sites is 1. The molecule has 1 aliphatic rings. The fraction of sp³-hybridized carbons (Fsp3) is 0.571. The van der Waals surface area contributed by atoms with E-state index in [9.17, 15) is 9.50 Å². The highest BCUT2D eigenvalue weighted by Gasteiger charge is 2.21. The van der Waals surface area contributed by atoms with E-state index in [2.05, 4.69) is 11.8 Å². The fourth-order valence-electron chi connectivity index (χ4n) is 2.18. The maximum atomic E-state index is 13.6. The molecule has 1 fully saturated rings. The number of morpholine rings is 1. The number of hydrogen-bond acceptors (Lipinski definition) is 4. The average molecular weight is 269 g/mol. The Morgan fingerprint density at radius 3 is 3.11 bits per heavy atom. The second kappa shape index (κ2) is 6.84. The van der Waals surface area contributed by atoms with Gasteiger partial charge in [0.05, 0.1) is 13.2 Å². The van der Waals surface area contributed by atoms with Gasteiger partial charge in [0.25, 0.3) is 0 Å². The van der Waals surface area contributed by atoms with Crippen molar-refractivity contribution in [1.82, 2.24) is 4.90 Å². The van der Waals surface area contributed by atoms with E-state index in [1.165, 1.54) is 6.07 Å². The highest BCUT2D eigenvalue weighted by molar-refractivity contribution is 5.34. The quantitative estimate of drug-likeness (QED) is 0.878. The second-order valence-electron chi connectivity index (χ2n) is 4.58. The predicted octanol–water partition coefficient (Wildman–Crippen LogP) is 1.42. The lowest BCUT2D eigenvalue weighted by Gasteiger charge is -2.32. The first kappa shape index (κ1) is 14.2. The molecular weight excluding hydrogens is 249 g/mol. The Morgan fingerprint density at radius 1 is 1.53 bits per heavy atom. The number of benzene rings is 1. The maximum Gasteiger partial charge on any atom is 0.165 e. The summed E-state index contributed by atoms with van der Waals surface area (Å²) in [6.45, 7) is 5.52. The fourth-order valence-corrected chi connectivity index (χ4v) is 2.18. The van der Waals surface area contributed by atoms with Crippen molar-refractivity contribution in [1.29, 1.82) is 0 Å². The molecule has 0 aromatic heterocycles. The smallest absolute Gasteiger partial charge is 0.165 e. The predicted molar refractivity (Wildman–Crippen MR) is 69.7 cm³/mol. The molecule has 1 aliphatic heterocycles. The van der Waals surface area contributed by atoms with Gasteiger partial charge in [0.2, 0.25) is 0 Å². The largest absolute Gasteiger partial charge is 0.487 e. The van der Waals surface area contributed by atoms with Crippen LogP contribution >= 0.6 is 0 Å². The van der Waals surface area contributed by atoms with Crippen LogP contribution in [0.25, 0.3) is 0 Å². The number of hydrogen-bond donors (Lipinski definition) is 1. The number of aliphatic hydroxyl groups is 1. The number of halogens is 1.